The number of nitrogen functional groups attached to an aromatic ring is 1. The smallest absolute Gasteiger partial charge is 0.263 e. The second kappa shape index (κ2) is 6.31. The highest BCUT2D eigenvalue weighted by Gasteiger charge is 2.09. The summed E-state index contributed by atoms with van der Waals surface area (Å²) >= 11 is 5.92. The van der Waals surface area contributed by atoms with E-state index < -0.39 is 0 Å². The molecule has 0 aliphatic rings. The first-order chi connectivity index (χ1) is 10.0. The van der Waals surface area contributed by atoms with Crippen molar-refractivity contribution in [3.05, 3.63) is 28.5 Å². The molecule has 0 aliphatic carbocycles. The molecule has 112 valence electrons. The van der Waals surface area contributed by atoms with E-state index in [1.54, 1.807) is 19.1 Å². The molecule has 0 saturated carbocycles. The van der Waals surface area contributed by atoms with Crippen LogP contribution in [0.2, 0.25) is 5.02 Å². The van der Waals surface area contributed by atoms with Crippen molar-refractivity contribution < 1.29 is 9.84 Å². The average molecular weight is 311 g/mol. The zero-order chi connectivity index (χ0) is 15.4. The van der Waals surface area contributed by atoms with E-state index in [1.165, 1.54) is 10.9 Å². The highest BCUT2D eigenvalue weighted by Crippen LogP contribution is 2.34. The molecular formula is C12H15ClN6O2. The minimum Gasteiger partial charge on any atom is -0.503 e. The van der Waals surface area contributed by atoms with Gasteiger partial charge < -0.3 is 15.7 Å². The highest BCUT2D eigenvalue weighted by atomic mass is 35.5. The molecule has 0 amide bonds. The van der Waals surface area contributed by atoms with Gasteiger partial charge in [-0.1, -0.05) is 11.6 Å². The van der Waals surface area contributed by atoms with Gasteiger partial charge in [-0.15, -0.1) is 10.2 Å². The maximum atomic E-state index is 9.74. The van der Waals surface area contributed by atoms with Crippen molar-refractivity contribution in [1.29, 1.82) is 0 Å². The Kier molecular flexibility index (Phi) is 4.49. The van der Waals surface area contributed by atoms with Gasteiger partial charge in [-0.25, -0.2) is 10.1 Å². The second-order valence-corrected chi connectivity index (χ2v) is 4.50. The monoisotopic (exact) mass is 310 g/mol. The van der Waals surface area contributed by atoms with Crippen molar-refractivity contribution in [2.24, 2.45) is 5.10 Å². The zero-order valence-electron chi connectivity index (χ0n) is 11.5. The number of halogens is 1. The van der Waals surface area contributed by atoms with Crippen molar-refractivity contribution in [3.8, 4) is 11.5 Å². The number of nitrogens with zero attached hydrogens (tertiary/aromatic N) is 4. The molecule has 21 heavy (non-hydrogen) atoms. The van der Waals surface area contributed by atoms with E-state index in [9.17, 15) is 5.11 Å². The van der Waals surface area contributed by atoms with Gasteiger partial charge in [-0.3, -0.25) is 0 Å². The first-order valence-corrected chi connectivity index (χ1v) is 6.52. The molecule has 1 heterocycles. The van der Waals surface area contributed by atoms with Crippen molar-refractivity contribution >= 4 is 23.8 Å². The molecule has 0 aliphatic heterocycles. The van der Waals surface area contributed by atoms with E-state index in [0.717, 1.165) is 0 Å². The molecular weight excluding hydrogens is 296 g/mol. The van der Waals surface area contributed by atoms with Gasteiger partial charge in [0, 0.05) is 0 Å². The molecule has 0 spiro atoms. The third-order valence-electron chi connectivity index (χ3n) is 2.60. The minimum absolute atomic E-state index is 0.0963. The van der Waals surface area contributed by atoms with Gasteiger partial charge in [0.1, 0.15) is 0 Å². The number of benzene rings is 1. The largest absolute Gasteiger partial charge is 0.503 e. The van der Waals surface area contributed by atoms with Crippen LogP contribution in [-0.4, -0.2) is 32.8 Å². The normalized spacial score (nSPS) is 11.0. The number of ether oxygens (including phenoxy) is 1. The van der Waals surface area contributed by atoms with E-state index >= 15 is 0 Å². The summed E-state index contributed by atoms with van der Waals surface area (Å²) in [4.78, 5) is 0. The average Bonchev–Trinajstić information content (AvgIpc) is 2.76. The number of aromatic nitrogens is 3. The Balaban J connectivity index is 2.15. The maximum absolute atomic E-state index is 9.74. The van der Waals surface area contributed by atoms with Gasteiger partial charge in [-0.2, -0.15) is 5.10 Å². The van der Waals surface area contributed by atoms with Crippen molar-refractivity contribution in [3.63, 3.8) is 0 Å². The molecule has 8 nitrogen and oxygen atoms in total. The number of hydrogen-bond acceptors (Lipinski definition) is 7. The number of anilines is 1. The van der Waals surface area contributed by atoms with Gasteiger partial charge in [0.05, 0.1) is 17.8 Å². The third-order valence-corrected chi connectivity index (χ3v) is 2.88. The first kappa shape index (κ1) is 14.9. The highest BCUT2D eigenvalue weighted by molar-refractivity contribution is 6.32. The molecule has 0 bridgehead atoms. The number of phenols is 1. The Morgan fingerprint density at radius 2 is 2.29 bits per heavy atom. The summed E-state index contributed by atoms with van der Waals surface area (Å²) in [5.41, 5.74) is 3.30. The summed E-state index contributed by atoms with van der Waals surface area (Å²) in [5.74, 6) is 6.73. The molecule has 2 rings (SSSR count). The quantitative estimate of drug-likeness (QED) is 0.438. The summed E-state index contributed by atoms with van der Waals surface area (Å²) in [6, 6.07) is 3.18. The predicted molar refractivity (Wildman–Crippen MR) is 80.4 cm³/mol. The molecule has 9 heteroatoms. The van der Waals surface area contributed by atoms with Crippen LogP contribution in [0.4, 0.5) is 5.95 Å². The summed E-state index contributed by atoms with van der Waals surface area (Å²) in [7, 11) is 0. The Bertz CT molecular complexity index is 670. The maximum Gasteiger partial charge on any atom is 0.263 e. The van der Waals surface area contributed by atoms with Gasteiger partial charge >= 0.3 is 0 Å². The van der Waals surface area contributed by atoms with Crippen LogP contribution >= 0.6 is 11.6 Å². The van der Waals surface area contributed by atoms with Crippen molar-refractivity contribution in [1.82, 2.24) is 14.9 Å². The summed E-state index contributed by atoms with van der Waals surface area (Å²) in [6.07, 6.45) is 1.50. The lowest BCUT2D eigenvalue weighted by atomic mass is 10.2. The Morgan fingerprint density at radius 3 is 2.90 bits per heavy atom. The van der Waals surface area contributed by atoms with E-state index in [0.29, 0.717) is 29.7 Å². The second-order valence-electron chi connectivity index (χ2n) is 4.09. The molecule has 0 fully saturated rings. The molecule has 0 radical (unpaired) electrons. The van der Waals surface area contributed by atoms with Gasteiger partial charge in [0.2, 0.25) is 0 Å². The molecule has 1 aromatic heterocycles. The Labute approximate surface area is 126 Å². The van der Waals surface area contributed by atoms with Crippen LogP contribution in [0.1, 0.15) is 18.3 Å². The van der Waals surface area contributed by atoms with Crippen LogP contribution < -0.4 is 16.0 Å². The molecule has 0 saturated heterocycles. The van der Waals surface area contributed by atoms with Crippen LogP contribution in [0.5, 0.6) is 11.5 Å². The number of aryl methyl sites for hydroxylation is 1. The third kappa shape index (κ3) is 3.34. The number of rotatable bonds is 5. The zero-order valence-corrected chi connectivity index (χ0v) is 12.3. The van der Waals surface area contributed by atoms with E-state index in [-0.39, 0.29) is 10.8 Å². The number of hydrazone groups is 1. The Hall–Kier alpha value is -2.48. The number of aromatic hydroxyl groups is 1. The number of phenolic OH excluding ortho intramolecular Hbond substituents is 1. The Morgan fingerprint density at radius 1 is 1.52 bits per heavy atom. The standard InChI is InChI=1S/C12H15ClN6O2/c1-3-21-10-5-8(4-9(13)11(10)20)6-15-17-12-18-16-7(2)19(12)14/h4-6,20H,3,14H2,1-2H3,(H,17,18)/b15-6+. The van der Waals surface area contributed by atoms with E-state index in [4.69, 9.17) is 22.2 Å². The minimum atomic E-state index is -0.0963. The van der Waals surface area contributed by atoms with Crippen LogP contribution in [0, 0.1) is 6.92 Å². The van der Waals surface area contributed by atoms with Gasteiger partial charge in [0.15, 0.2) is 17.3 Å². The summed E-state index contributed by atoms with van der Waals surface area (Å²) in [5, 5.41) is 21.5. The molecule has 0 unspecified atom stereocenters. The molecule has 0 atom stereocenters. The fourth-order valence-electron chi connectivity index (χ4n) is 1.54. The van der Waals surface area contributed by atoms with Crippen molar-refractivity contribution in [2.75, 3.05) is 17.9 Å². The van der Waals surface area contributed by atoms with Gasteiger partial charge in [0.25, 0.3) is 5.95 Å². The van der Waals surface area contributed by atoms with Crippen LogP contribution in [0.3, 0.4) is 0 Å². The van der Waals surface area contributed by atoms with Gasteiger partial charge in [-0.05, 0) is 31.5 Å². The van der Waals surface area contributed by atoms with E-state index in [2.05, 4.69) is 20.7 Å². The van der Waals surface area contributed by atoms with Crippen molar-refractivity contribution in [2.45, 2.75) is 13.8 Å². The topological polar surface area (TPSA) is 111 Å². The lowest BCUT2D eigenvalue weighted by Gasteiger charge is -2.08. The first-order valence-electron chi connectivity index (χ1n) is 6.14. The fourth-order valence-corrected chi connectivity index (χ4v) is 1.76. The SMILES string of the molecule is CCOc1cc(/C=N/Nc2nnc(C)n2N)cc(Cl)c1O. The lowest BCUT2D eigenvalue weighted by molar-refractivity contribution is 0.318. The van der Waals surface area contributed by atoms with E-state index in [1.807, 2.05) is 6.92 Å². The number of hydrogen-bond donors (Lipinski definition) is 3. The lowest BCUT2D eigenvalue weighted by Crippen LogP contribution is -2.13. The summed E-state index contributed by atoms with van der Waals surface area (Å²) < 4.78 is 6.55. The van der Waals surface area contributed by atoms with Crippen LogP contribution in [-0.2, 0) is 0 Å². The number of nitrogens with one attached hydrogen (secondary N) is 1. The fraction of sp³-hybridized carbons (Fsp3) is 0.250. The predicted octanol–water partition coefficient (Wildman–Crippen LogP) is 1.50. The number of nitrogens with two attached hydrogens (primary N) is 1. The molecule has 4 N–H and O–H groups in total. The molecule has 1 aromatic carbocycles. The van der Waals surface area contributed by atoms with Crippen LogP contribution in [0.15, 0.2) is 17.2 Å². The molecule has 2 aromatic rings. The van der Waals surface area contributed by atoms with Crippen LogP contribution in [0.25, 0.3) is 0 Å². The summed E-state index contributed by atoms with van der Waals surface area (Å²) in [6.45, 7) is 3.94.